The van der Waals surface area contributed by atoms with E-state index in [-0.39, 0.29) is 99.7 Å². The van der Waals surface area contributed by atoms with Crippen molar-refractivity contribution in [2.24, 2.45) is 0 Å². The molecule has 4 nitrogen and oxygen atoms in total. The van der Waals surface area contributed by atoms with Crippen molar-refractivity contribution in [3.8, 4) is 0 Å². The molecule has 0 unspecified atom stereocenters. The second-order valence-corrected chi connectivity index (χ2v) is 0. The van der Waals surface area contributed by atoms with E-state index in [4.69, 9.17) is 3.83 Å². The number of hydrogen-bond donors (Lipinski definition) is 0. The first-order valence-corrected chi connectivity index (χ1v) is 0.508. The molecular weight excluding hydrogens is 372 g/mol. The number of rotatable bonds is 0. The van der Waals surface area contributed by atoms with E-state index in [0.717, 1.165) is 0 Å². The molecule has 2 radical (unpaired) electrons. The summed E-state index contributed by atoms with van der Waals surface area (Å²) >= 11 is 2.94. The summed E-state index contributed by atoms with van der Waals surface area (Å²) in [6, 6.07) is 0. The zero-order chi connectivity index (χ0) is 2.00. The Kier molecular flexibility index (Phi) is 857. The Hall–Kier alpha value is 2.82. The first-order valence-electron chi connectivity index (χ1n) is 0.123. The second kappa shape index (κ2) is 96.0. The van der Waals surface area contributed by atoms with Crippen molar-refractivity contribution >= 4 is 48.9 Å². The molecule has 0 spiro atoms. The van der Waals surface area contributed by atoms with Crippen molar-refractivity contribution in [1.29, 1.82) is 0 Å². The third-order valence-corrected chi connectivity index (χ3v) is 0. The minimum atomic E-state index is 0. The van der Waals surface area contributed by atoms with E-state index in [1.54, 1.807) is 0 Å². The van der Waals surface area contributed by atoms with Gasteiger partial charge in [0, 0.05) is 0 Å². The molecule has 0 aliphatic heterocycles. The summed E-state index contributed by atoms with van der Waals surface area (Å²) < 4.78 is 7.81. The van der Waals surface area contributed by atoms with Crippen molar-refractivity contribution < 1.29 is 70.6 Å². The quantitative estimate of drug-likeness (QED) is 0.508. The Bertz CT molecular complexity index is 16.0. The summed E-state index contributed by atoms with van der Waals surface area (Å²) in [5, 5.41) is 0. The third kappa shape index (κ3) is 67.8. The SMILES string of the molecule is [Ba+2].[Cr+3].[Mn+2].[O-2].[O-2].[O-2].[O]=[Cu]. The van der Waals surface area contributed by atoms with E-state index in [1.807, 2.05) is 0 Å². The molecule has 0 bridgehead atoms. The Labute approximate surface area is 117 Å². The molecule has 0 aliphatic carbocycles. The maximum absolute atomic E-state index is 7.81. The van der Waals surface area contributed by atoms with Gasteiger partial charge in [-0.25, -0.2) is 0 Å². The van der Waals surface area contributed by atoms with Crippen LogP contribution in [-0.4, -0.2) is 48.9 Å². The van der Waals surface area contributed by atoms with E-state index in [0.29, 0.717) is 0 Å². The van der Waals surface area contributed by atoms with Gasteiger partial charge in [0.2, 0.25) is 0 Å². The van der Waals surface area contributed by atoms with Crippen LogP contribution in [-0.2, 0) is 70.6 Å². The predicted molar refractivity (Wildman–Crippen MR) is 8.50 cm³/mol. The zero-order valence-electron chi connectivity index (χ0n) is 3.43. The van der Waals surface area contributed by atoms with E-state index in [1.165, 1.54) is 0 Å². The van der Waals surface area contributed by atoms with Gasteiger partial charge in [0.1, 0.15) is 0 Å². The Morgan fingerprint density at radius 2 is 0.875 bits per heavy atom. The average Bonchev–Trinajstić information content (AvgIpc) is 1.00. The van der Waals surface area contributed by atoms with Crippen molar-refractivity contribution in [3.63, 3.8) is 0 Å². The van der Waals surface area contributed by atoms with Gasteiger partial charge in [0.25, 0.3) is 0 Å². The molecule has 0 aromatic rings. The molecule has 0 saturated heterocycles. The molecule has 0 aliphatic rings. The second-order valence-electron chi connectivity index (χ2n) is 0. The molecule has 49 valence electrons. The average molecular weight is 372 g/mol. The summed E-state index contributed by atoms with van der Waals surface area (Å²) in [5.74, 6) is 0. The molecule has 0 heterocycles. The van der Waals surface area contributed by atoms with E-state index in [9.17, 15) is 0 Å². The Morgan fingerprint density at radius 3 is 0.875 bits per heavy atom. The maximum atomic E-state index is 7.81. The summed E-state index contributed by atoms with van der Waals surface area (Å²) in [5.41, 5.74) is 0. The van der Waals surface area contributed by atoms with Crippen LogP contribution in [0, 0.1) is 0 Å². The van der Waals surface area contributed by atoms with E-state index < -0.39 is 0 Å². The van der Waals surface area contributed by atoms with Crippen LogP contribution in [0.2, 0.25) is 0 Å². The monoisotopic (exact) mass is 372 g/mol. The molecule has 0 fully saturated rings. The van der Waals surface area contributed by atoms with Gasteiger partial charge in [-0.15, -0.1) is 0 Å². The molecule has 0 amide bonds. The van der Waals surface area contributed by atoms with Crippen LogP contribution in [0.1, 0.15) is 0 Å². The van der Waals surface area contributed by atoms with Gasteiger partial charge in [0.05, 0.1) is 0 Å². The summed E-state index contributed by atoms with van der Waals surface area (Å²) in [4.78, 5) is 0. The van der Waals surface area contributed by atoms with Crippen molar-refractivity contribution in [2.45, 2.75) is 0 Å². The van der Waals surface area contributed by atoms with Crippen LogP contribution < -0.4 is 0 Å². The number of hydrogen-bond acceptors (Lipinski definition) is 1. The fourth-order valence-electron chi connectivity index (χ4n) is 0. The topological polar surface area (TPSA) is 103 Å². The Morgan fingerprint density at radius 1 is 0.875 bits per heavy atom. The van der Waals surface area contributed by atoms with Crippen LogP contribution in [0.3, 0.4) is 0 Å². The van der Waals surface area contributed by atoms with Crippen molar-refractivity contribution in [1.82, 2.24) is 0 Å². The van der Waals surface area contributed by atoms with Crippen LogP contribution in [0.25, 0.3) is 0 Å². The van der Waals surface area contributed by atoms with Crippen LogP contribution in [0.15, 0.2) is 0 Å². The zero-order valence-corrected chi connectivity index (χ0v) is 11.3. The van der Waals surface area contributed by atoms with E-state index >= 15 is 0 Å². The predicted octanol–water partition coefficient (Wildman–Crippen LogP) is -0.864. The third-order valence-electron chi connectivity index (χ3n) is 0. The normalized spacial score (nSPS) is 0.750. The van der Waals surface area contributed by atoms with Crippen molar-refractivity contribution in [3.05, 3.63) is 0 Å². The molecule has 0 N–H and O–H groups in total. The molecule has 0 aromatic heterocycles. The van der Waals surface area contributed by atoms with Crippen LogP contribution >= 0.6 is 0 Å². The van der Waals surface area contributed by atoms with Gasteiger partial charge < -0.3 is 16.4 Å². The van der Waals surface area contributed by atoms with Gasteiger partial charge in [0.15, 0.2) is 0 Å². The van der Waals surface area contributed by atoms with Gasteiger partial charge in [-0.1, -0.05) is 0 Å². The van der Waals surface area contributed by atoms with Gasteiger partial charge in [-0.2, -0.15) is 0 Å². The van der Waals surface area contributed by atoms with Crippen molar-refractivity contribution in [2.75, 3.05) is 0 Å². The molecule has 0 aromatic carbocycles. The Balaban J connectivity index is -0.000000000333. The fourth-order valence-corrected chi connectivity index (χ4v) is 0. The minimum absolute atomic E-state index is 0. The van der Waals surface area contributed by atoms with E-state index in [2.05, 4.69) is 15.9 Å². The fraction of sp³-hybridized carbons (Fsp3) is 0. The van der Waals surface area contributed by atoms with Crippen LogP contribution in [0.5, 0.6) is 0 Å². The van der Waals surface area contributed by atoms with Gasteiger partial charge in [-0.05, 0) is 0 Å². The molecule has 0 rings (SSSR count). The summed E-state index contributed by atoms with van der Waals surface area (Å²) in [7, 11) is 0. The molecule has 8 heavy (non-hydrogen) atoms. The summed E-state index contributed by atoms with van der Waals surface area (Å²) in [6.45, 7) is 0. The molecule has 0 atom stereocenters. The standard InChI is InChI=1S/Ba.Cr.Cu.Mn.4O/q+2;+3;;+2;;3*-2. The van der Waals surface area contributed by atoms with Gasteiger partial charge in [-0.3, -0.25) is 0 Å². The van der Waals surface area contributed by atoms with Crippen LogP contribution in [0.4, 0.5) is 0 Å². The van der Waals surface area contributed by atoms with Gasteiger partial charge >= 0.3 is 103 Å². The summed E-state index contributed by atoms with van der Waals surface area (Å²) in [6.07, 6.45) is 0. The molecular formula is BaCrCuMnO4+. The first kappa shape index (κ1) is 71.5. The first-order chi connectivity index (χ1) is 1.00. The molecule has 8 heteroatoms. The molecule has 0 saturated carbocycles.